The summed E-state index contributed by atoms with van der Waals surface area (Å²) in [4.78, 5) is 7.11. The van der Waals surface area contributed by atoms with Gasteiger partial charge in [0.2, 0.25) is 0 Å². The van der Waals surface area contributed by atoms with Crippen LogP contribution in [-0.2, 0) is 9.47 Å². The van der Waals surface area contributed by atoms with E-state index in [0.29, 0.717) is 6.04 Å². The SMILES string of the molecule is CCCN1CCNCC1c1ccc([C@H]2OC(C)(C)O[C@@H]2N2c3ccccc3Oc3cc(N(c4ccccc4)c4ccccc4)ccc32)cc1. The molecule has 5 aromatic rings. The lowest BCUT2D eigenvalue weighted by Crippen LogP contribution is -2.46. The van der Waals surface area contributed by atoms with Crippen molar-refractivity contribution in [2.75, 3.05) is 36.0 Å². The van der Waals surface area contributed by atoms with E-state index >= 15 is 0 Å². The molecule has 7 heteroatoms. The molecule has 250 valence electrons. The Labute approximate surface area is 289 Å². The minimum atomic E-state index is -0.788. The van der Waals surface area contributed by atoms with E-state index in [-0.39, 0.29) is 6.10 Å². The number of fused-ring (bicyclic) bond motifs is 2. The summed E-state index contributed by atoms with van der Waals surface area (Å²) < 4.78 is 20.2. The predicted octanol–water partition coefficient (Wildman–Crippen LogP) is 9.61. The molecule has 5 aromatic carbocycles. The number of anilines is 5. The zero-order valence-electron chi connectivity index (χ0n) is 28.5. The summed E-state index contributed by atoms with van der Waals surface area (Å²) in [6, 6.07) is 44.9. The van der Waals surface area contributed by atoms with Crippen LogP contribution in [0.2, 0.25) is 0 Å². The van der Waals surface area contributed by atoms with E-state index in [4.69, 9.17) is 14.2 Å². The first-order chi connectivity index (χ1) is 24.0. The van der Waals surface area contributed by atoms with Crippen molar-refractivity contribution in [1.29, 1.82) is 0 Å². The second kappa shape index (κ2) is 13.3. The largest absolute Gasteiger partial charge is 0.453 e. The molecule has 0 radical (unpaired) electrons. The maximum Gasteiger partial charge on any atom is 0.168 e. The van der Waals surface area contributed by atoms with E-state index in [9.17, 15) is 0 Å². The minimum absolute atomic E-state index is 0.330. The van der Waals surface area contributed by atoms with Crippen LogP contribution in [0.25, 0.3) is 0 Å². The molecule has 8 rings (SSSR count). The van der Waals surface area contributed by atoms with Crippen molar-refractivity contribution >= 4 is 28.4 Å². The molecule has 0 aromatic heterocycles. The second-order valence-corrected chi connectivity index (χ2v) is 13.5. The van der Waals surface area contributed by atoms with Crippen LogP contribution >= 0.6 is 0 Å². The molecule has 0 spiro atoms. The molecule has 3 heterocycles. The van der Waals surface area contributed by atoms with E-state index in [2.05, 4.69) is 124 Å². The fraction of sp³-hybridized carbons (Fsp3) is 0.286. The maximum atomic E-state index is 6.80. The molecule has 1 N–H and O–H groups in total. The van der Waals surface area contributed by atoms with Crippen molar-refractivity contribution < 1.29 is 14.2 Å². The van der Waals surface area contributed by atoms with Crippen LogP contribution in [-0.4, -0.2) is 43.1 Å². The van der Waals surface area contributed by atoms with Crippen molar-refractivity contribution in [2.45, 2.75) is 51.4 Å². The van der Waals surface area contributed by atoms with E-state index < -0.39 is 12.0 Å². The van der Waals surface area contributed by atoms with Gasteiger partial charge in [0.15, 0.2) is 23.5 Å². The number of benzene rings is 5. The summed E-state index contributed by atoms with van der Waals surface area (Å²) in [7, 11) is 0. The Bertz CT molecular complexity index is 1840. The summed E-state index contributed by atoms with van der Waals surface area (Å²) in [6.45, 7) is 10.4. The van der Waals surface area contributed by atoms with E-state index in [1.54, 1.807) is 0 Å². The van der Waals surface area contributed by atoms with Gasteiger partial charge in [-0.25, -0.2) is 0 Å². The summed E-state index contributed by atoms with van der Waals surface area (Å²) in [5, 5.41) is 3.59. The fourth-order valence-electron chi connectivity index (χ4n) is 7.49. The molecule has 0 bridgehead atoms. The van der Waals surface area contributed by atoms with E-state index in [0.717, 1.165) is 78.1 Å². The third-order valence-corrected chi connectivity index (χ3v) is 9.68. The molecule has 0 saturated carbocycles. The molecule has 2 saturated heterocycles. The topological polar surface area (TPSA) is 49.4 Å². The average molecular weight is 653 g/mol. The van der Waals surface area contributed by atoms with Gasteiger partial charge in [-0.2, -0.15) is 0 Å². The minimum Gasteiger partial charge on any atom is -0.453 e. The highest BCUT2D eigenvalue weighted by atomic mass is 16.8. The first-order valence-corrected chi connectivity index (χ1v) is 17.5. The standard InChI is InChI=1S/C42H44N4O3/c1-4-26-44-27-25-43-29-37(44)30-19-21-31(22-20-30)40-41(49-42(2,3)48-40)46-35-17-11-12-18-38(35)47-39-28-34(23-24-36(39)46)45(32-13-7-5-8-14-32)33-15-9-6-10-16-33/h5-24,28,37,40-41,43H,4,25-27,29H2,1-3H3/t37?,40-,41+/m1/s1. The summed E-state index contributed by atoms with van der Waals surface area (Å²) in [6.07, 6.45) is 0.394. The first kappa shape index (κ1) is 31.6. The van der Waals surface area contributed by atoms with Gasteiger partial charge < -0.3 is 29.3 Å². The molecule has 3 aliphatic heterocycles. The van der Waals surface area contributed by atoms with Gasteiger partial charge in [0.05, 0.1) is 11.4 Å². The Morgan fingerprint density at radius 2 is 1.37 bits per heavy atom. The van der Waals surface area contributed by atoms with Crippen molar-refractivity contribution in [1.82, 2.24) is 10.2 Å². The number of nitrogens with one attached hydrogen (secondary N) is 1. The second-order valence-electron chi connectivity index (χ2n) is 13.5. The quantitative estimate of drug-likeness (QED) is 0.179. The zero-order chi connectivity index (χ0) is 33.4. The number of hydrogen-bond acceptors (Lipinski definition) is 7. The molecule has 49 heavy (non-hydrogen) atoms. The molecule has 0 amide bonds. The van der Waals surface area contributed by atoms with Crippen LogP contribution in [0.4, 0.5) is 28.4 Å². The number of rotatable bonds is 8. The fourth-order valence-corrected chi connectivity index (χ4v) is 7.49. The normalized spacial score (nSPS) is 21.4. The number of nitrogens with zero attached hydrogens (tertiary/aromatic N) is 3. The van der Waals surface area contributed by atoms with E-state index in [1.807, 2.05) is 44.2 Å². The number of para-hydroxylation sites is 4. The summed E-state index contributed by atoms with van der Waals surface area (Å²) in [5.41, 5.74) is 7.44. The van der Waals surface area contributed by atoms with Crippen LogP contribution < -0.4 is 19.9 Å². The highest BCUT2D eigenvalue weighted by Gasteiger charge is 2.48. The van der Waals surface area contributed by atoms with Gasteiger partial charge in [-0.15, -0.1) is 0 Å². The average Bonchev–Trinajstić information content (AvgIpc) is 3.46. The lowest BCUT2D eigenvalue weighted by Gasteiger charge is -2.38. The Morgan fingerprint density at radius 1 is 0.714 bits per heavy atom. The lowest BCUT2D eigenvalue weighted by molar-refractivity contribution is -0.146. The molecule has 0 aliphatic carbocycles. The molecule has 3 atom stereocenters. The van der Waals surface area contributed by atoms with Crippen molar-refractivity contribution in [3.8, 4) is 11.5 Å². The number of piperazine rings is 1. The monoisotopic (exact) mass is 652 g/mol. The third kappa shape index (κ3) is 6.20. The van der Waals surface area contributed by atoms with Gasteiger partial charge in [0.25, 0.3) is 0 Å². The van der Waals surface area contributed by atoms with Gasteiger partial charge in [0.1, 0.15) is 6.10 Å². The molecule has 3 aliphatic rings. The predicted molar refractivity (Wildman–Crippen MR) is 196 cm³/mol. The Balaban J connectivity index is 1.17. The Hall–Kier alpha value is -4.66. The van der Waals surface area contributed by atoms with E-state index in [1.165, 1.54) is 5.56 Å². The summed E-state index contributed by atoms with van der Waals surface area (Å²) >= 11 is 0. The number of ether oxygens (including phenoxy) is 3. The molecular weight excluding hydrogens is 608 g/mol. The highest BCUT2D eigenvalue weighted by Crippen LogP contribution is 2.54. The number of hydrogen-bond donors (Lipinski definition) is 1. The van der Waals surface area contributed by atoms with Gasteiger partial charge in [-0.1, -0.05) is 79.7 Å². The maximum absolute atomic E-state index is 6.80. The molecule has 1 unspecified atom stereocenters. The molecule has 2 fully saturated rings. The zero-order valence-corrected chi connectivity index (χ0v) is 28.5. The highest BCUT2D eigenvalue weighted by molar-refractivity contribution is 5.84. The van der Waals surface area contributed by atoms with Crippen LogP contribution in [0.1, 0.15) is 50.5 Å². The lowest BCUT2D eigenvalue weighted by atomic mass is 9.98. The first-order valence-electron chi connectivity index (χ1n) is 17.5. The Kier molecular flexibility index (Phi) is 8.60. The van der Waals surface area contributed by atoms with Gasteiger partial charge in [0, 0.05) is 48.8 Å². The third-order valence-electron chi connectivity index (χ3n) is 9.68. The van der Waals surface area contributed by atoms with Gasteiger partial charge >= 0.3 is 0 Å². The molecular formula is C42H44N4O3. The molecule has 7 nitrogen and oxygen atoms in total. The van der Waals surface area contributed by atoms with Crippen LogP contribution in [0, 0.1) is 0 Å². The van der Waals surface area contributed by atoms with Crippen molar-refractivity contribution in [3.63, 3.8) is 0 Å². The Morgan fingerprint density at radius 3 is 2.08 bits per heavy atom. The van der Waals surface area contributed by atoms with Crippen molar-refractivity contribution in [2.24, 2.45) is 0 Å². The van der Waals surface area contributed by atoms with Gasteiger partial charge in [-0.3, -0.25) is 4.90 Å². The van der Waals surface area contributed by atoms with Crippen LogP contribution in [0.5, 0.6) is 11.5 Å². The van der Waals surface area contributed by atoms with Crippen molar-refractivity contribution in [3.05, 3.63) is 139 Å². The van der Waals surface area contributed by atoms with Crippen LogP contribution in [0.3, 0.4) is 0 Å². The van der Waals surface area contributed by atoms with Gasteiger partial charge in [-0.05, 0) is 86.5 Å². The summed E-state index contributed by atoms with van der Waals surface area (Å²) in [5.74, 6) is 0.752. The smallest absolute Gasteiger partial charge is 0.168 e. The van der Waals surface area contributed by atoms with Crippen LogP contribution in [0.15, 0.2) is 127 Å².